The van der Waals surface area contributed by atoms with Gasteiger partial charge in [0.05, 0.1) is 16.2 Å². The van der Waals surface area contributed by atoms with Crippen LogP contribution in [-0.4, -0.2) is 28.1 Å². The second kappa shape index (κ2) is 9.11. The summed E-state index contributed by atoms with van der Waals surface area (Å²) in [5, 5.41) is 9.92. The van der Waals surface area contributed by atoms with Gasteiger partial charge in [-0.15, -0.1) is 11.8 Å². The van der Waals surface area contributed by atoms with E-state index in [-0.39, 0.29) is 22.4 Å². The highest BCUT2D eigenvalue weighted by molar-refractivity contribution is 9.11. The largest absolute Gasteiger partial charge is 0.410 e. The van der Waals surface area contributed by atoms with E-state index in [0.717, 1.165) is 14.1 Å². The SMILES string of the molecule is CSc1ccccc1NC(=O)c1nn2c(c1Br)N[C@@H](c1ccc(Br)cc1)C[C@@H]2C(F)(F)F. The first-order chi connectivity index (χ1) is 15.2. The van der Waals surface area contributed by atoms with Crippen molar-refractivity contribution in [2.24, 2.45) is 0 Å². The first-order valence-electron chi connectivity index (χ1n) is 9.50. The summed E-state index contributed by atoms with van der Waals surface area (Å²) in [6.07, 6.45) is -2.91. The molecule has 5 nitrogen and oxygen atoms in total. The van der Waals surface area contributed by atoms with Gasteiger partial charge in [0.2, 0.25) is 0 Å². The van der Waals surface area contributed by atoms with Gasteiger partial charge in [-0.1, -0.05) is 40.2 Å². The maximum absolute atomic E-state index is 13.9. The van der Waals surface area contributed by atoms with Crippen molar-refractivity contribution in [1.82, 2.24) is 9.78 Å². The summed E-state index contributed by atoms with van der Waals surface area (Å²) in [5.41, 5.74) is 1.16. The molecule has 0 saturated heterocycles. The molecule has 1 aliphatic rings. The van der Waals surface area contributed by atoms with E-state index in [9.17, 15) is 18.0 Å². The van der Waals surface area contributed by atoms with E-state index < -0.39 is 24.2 Å². The number of carbonyl (C=O) groups excluding carboxylic acids is 1. The molecule has 0 radical (unpaired) electrons. The van der Waals surface area contributed by atoms with Gasteiger partial charge in [0.25, 0.3) is 5.91 Å². The third-order valence-corrected chi connectivity index (χ3v) is 7.21. The van der Waals surface area contributed by atoms with Crippen LogP contribution in [0.1, 0.15) is 34.6 Å². The maximum Gasteiger partial charge on any atom is 0.410 e. The molecular formula is C21H17Br2F3N4OS. The van der Waals surface area contributed by atoms with Gasteiger partial charge >= 0.3 is 6.18 Å². The number of carbonyl (C=O) groups is 1. The van der Waals surface area contributed by atoms with E-state index in [0.29, 0.717) is 11.3 Å². The Hall–Kier alpha value is -1.98. The first kappa shape index (κ1) is 23.2. The van der Waals surface area contributed by atoms with Crippen LogP contribution in [0.4, 0.5) is 24.7 Å². The quantitative estimate of drug-likeness (QED) is 0.320. The molecule has 1 aromatic heterocycles. The van der Waals surface area contributed by atoms with Crippen molar-refractivity contribution >= 4 is 61.0 Å². The number of nitrogens with one attached hydrogen (secondary N) is 2. The molecular weight excluding hydrogens is 573 g/mol. The lowest BCUT2D eigenvalue weighted by atomic mass is 9.97. The summed E-state index contributed by atoms with van der Waals surface area (Å²) in [6, 6.07) is 11.8. The third kappa shape index (κ3) is 4.55. The molecule has 168 valence electrons. The van der Waals surface area contributed by atoms with Gasteiger partial charge in [-0.25, -0.2) is 4.68 Å². The van der Waals surface area contributed by atoms with Crippen LogP contribution >= 0.6 is 43.6 Å². The highest BCUT2D eigenvalue weighted by Gasteiger charge is 2.47. The second-order valence-corrected chi connectivity index (χ2v) is 9.71. The Morgan fingerprint density at radius 3 is 2.53 bits per heavy atom. The summed E-state index contributed by atoms with van der Waals surface area (Å²) in [4.78, 5) is 13.8. The average molecular weight is 590 g/mol. The molecule has 3 aromatic rings. The number of alkyl halides is 3. The smallest absolute Gasteiger partial charge is 0.362 e. The number of benzene rings is 2. The molecule has 0 saturated carbocycles. The standard InChI is InChI=1S/C21H17Br2F3N4OS/c1-32-15-5-3-2-4-13(15)28-20(31)18-17(23)19-27-14(11-6-8-12(22)9-7-11)10-16(21(24,25)26)30(19)29-18/h2-9,14,16,27H,10H2,1H3,(H,28,31)/t14-,16-/m1/s1. The van der Waals surface area contributed by atoms with Gasteiger partial charge in [0, 0.05) is 15.8 Å². The van der Waals surface area contributed by atoms with Crippen molar-refractivity contribution in [2.75, 3.05) is 16.9 Å². The molecule has 2 aromatic carbocycles. The number of para-hydroxylation sites is 1. The second-order valence-electron chi connectivity index (χ2n) is 7.15. The number of rotatable bonds is 4. The average Bonchev–Trinajstić information content (AvgIpc) is 3.10. The van der Waals surface area contributed by atoms with Crippen molar-refractivity contribution in [3.63, 3.8) is 0 Å². The van der Waals surface area contributed by atoms with E-state index in [2.05, 4.69) is 47.6 Å². The highest BCUT2D eigenvalue weighted by atomic mass is 79.9. The van der Waals surface area contributed by atoms with Crippen LogP contribution in [0.5, 0.6) is 0 Å². The Labute approximate surface area is 203 Å². The van der Waals surface area contributed by atoms with Gasteiger partial charge in [-0.2, -0.15) is 18.3 Å². The van der Waals surface area contributed by atoms with Gasteiger partial charge in [-0.3, -0.25) is 4.79 Å². The van der Waals surface area contributed by atoms with Crippen LogP contribution in [0.3, 0.4) is 0 Å². The molecule has 1 amide bonds. The van der Waals surface area contributed by atoms with E-state index >= 15 is 0 Å². The van der Waals surface area contributed by atoms with Crippen molar-refractivity contribution in [3.05, 3.63) is 68.7 Å². The number of thioether (sulfide) groups is 1. The number of anilines is 2. The summed E-state index contributed by atoms with van der Waals surface area (Å²) in [7, 11) is 0. The summed E-state index contributed by atoms with van der Waals surface area (Å²) < 4.78 is 43.7. The van der Waals surface area contributed by atoms with E-state index in [1.54, 1.807) is 36.4 Å². The van der Waals surface area contributed by atoms with Crippen molar-refractivity contribution < 1.29 is 18.0 Å². The Morgan fingerprint density at radius 2 is 1.88 bits per heavy atom. The van der Waals surface area contributed by atoms with Crippen LogP contribution < -0.4 is 10.6 Å². The van der Waals surface area contributed by atoms with Gasteiger partial charge in [-0.05, 0) is 52.0 Å². The van der Waals surface area contributed by atoms with E-state index in [1.807, 2.05) is 18.4 Å². The lowest BCUT2D eigenvalue weighted by molar-refractivity contribution is -0.173. The molecule has 2 heterocycles. The number of hydrogen-bond acceptors (Lipinski definition) is 4. The predicted molar refractivity (Wildman–Crippen MR) is 126 cm³/mol. The van der Waals surface area contributed by atoms with Crippen LogP contribution in [0.2, 0.25) is 0 Å². The van der Waals surface area contributed by atoms with Gasteiger partial charge in [0.1, 0.15) is 5.82 Å². The van der Waals surface area contributed by atoms with E-state index in [4.69, 9.17) is 0 Å². The molecule has 4 rings (SSSR count). The normalized spacial score (nSPS) is 18.1. The summed E-state index contributed by atoms with van der Waals surface area (Å²) >= 11 is 8.10. The van der Waals surface area contributed by atoms with Gasteiger partial charge < -0.3 is 10.6 Å². The van der Waals surface area contributed by atoms with Crippen molar-refractivity contribution in [1.29, 1.82) is 0 Å². The molecule has 0 aliphatic carbocycles. The van der Waals surface area contributed by atoms with E-state index in [1.165, 1.54) is 11.8 Å². The molecule has 1 aliphatic heterocycles. The minimum Gasteiger partial charge on any atom is -0.362 e. The topological polar surface area (TPSA) is 59.0 Å². The summed E-state index contributed by atoms with van der Waals surface area (Å²) in [5.74, 6) is -0.474. The van der Waals surface area contributed by atoms with Crippen LogP contribution in [-0.2, 0) is 0 Å². The number of halogens is 5. The fourth-order valence-electron chi connectivity index (χ4n) is 3.58. The Morgan fingerprint density at radius 1 is 1.19 bits per heavy atom. The Balaban J connectivity index is 1.70. The lowest BCUT2D eigenvalue weighted by Crippen LogP contribution is -2.35. The molecule has 0 unspecified atom stereocenters. The molecule has 2 N–H and O–H groups in total. The van der Waals surface area contributed by atoms with Crippen molar-refractivity contribution in [2.45, 2.75) is 29.6 Å². The number of amides is 1. The number of fused-ring (bicyclic) bond motifs is 1. The Kier molecular flexibility index (Phi) is 6.60. The molecule has 0 spiro atoms. The van der Waals surface area contributed by atoms with Crippen molar-refractivity contribution in [3.8, 4) is 0 Å². The minimum absolute atomic E-state index is 0.117. The molecule has 11 heteroatoms. The zero-order valence-corrected chi connectivity index (χ0v) is 20.6. The first-order valence-corrected chi connectivity index (χ1v) is 12.3. The molecule has 32 heavy (non-hydrogen) atoms. The minimum atomic E-state index is -4.53. The number of aromatic nitrogens is 2. The Bertz CT molecular complexity index is 1150. The van der Waals surface area contributed by atoms with Crippen LogP contribution in [0.25, 0.3) is 0 Å². The van der Waals surface area contributed by atoms with Crippen LogP contribution in [0, 0.1) is 0 Å². The number of hydrogen-bond donors (Lipinski definition) is 2. The third-order valence-electron chi connectivity index (χ3n) is 5.14. The predicted octanol–water partition coefficient (Wildman–Crippen LogP) is 7.04. The summed E-state index contributed by atoms with van der Waals surface area (Å²) in [6.45, 7) is 0. The zero-order valence-electron chi connectivity index (χ0n) is 16.6. The fraction of sp³-hybridized carbons (Fsp3) is 0.238. The molecule has 2 atom stereocenters. The van der Waals surface area contributed by atoms with Gasteiger partial charge in [0.15, 0.2) is 11.7 Å². The highest BCUT2D eigenvalue weighted by Crippen LogP contribution is 2.46. The van der Waals surface area contributed by atoms with Crippen LogP contribution in [0.15, 0.2) is 62.4 Å². The molecule has 0 bridgehead atoms. The maximum atomic E-state index is 13.9. The fourth-order valence-corrected chi connectivity index (χ4v) is 4.95. The number of nitrogens with zero attached hydrogens (tertiary/aromatic N) is 2. The monoisotopic (exact) mass is 588 g/mol. The lowest BCUT2D eigenvalue weighted by Gasteiger charge is -2.33. The molecule has 0 fully saturated rings. The zero-order chi connectivity index (χ0) is 23.0.